The molecule has 0 atom stereocenters. The zero-order chi connectivity index (χ0) is 23.2. The van der Waals surface area contributed by atoms with Gasteiger partial charge in [0, 0.05) is 23.6 Å². The molecule has 1 aliphatic carbocycles. The van der Waals surface area contributed by atoms with Crippen LogP contribution in [0.5, 0.6) is 11.5 Å². The van der Waals surface area contributed by atoms with Gasteiger partial charge < -0.3 is 19.9 Å². The summed E-state index contributed by atoms with van der Waals surface area (Å²) in [6, 6.07) is 19.4. The van der Waals surface area contributed by atoms with Gasteiger partial charge in [-0.25, -0.2) is 4.79 Å². The van der Waals surface area contributed by atoms with E-state index in [0.717, 1.165) is 11.1 Å². The molecule has 3 aromatic rings. The molecule has 0 aromatic heterocycles. The van der Waals surface area contributed by atoms with Gasteiger partial charge in [0.1, 0.15) is 12.9 Å². The van der Waals surface area contributed by atoms with E-state index in [1.165, 1.54) is 17.2 Å². The Morgan fingerprint density at radius 2 is 1.73 bits per heavy atom. The summed E-state index contributed by atoms with van der Waals surface area (Å²) in [4.78, 5) is 23.4. The number of hydrogen-bond donors (Lipinski definition) is 2. The molecule has 3 aromatic carbocycles. The summed E-state index contributed by atoms with van der Waals surface area (Å²) in [5.74, 6) is 0.185. The van der Waals surface area contributed by atoms with Crippen LogP contribution in [0.1, 0.15) is 39.9 Å². The Labute approximate surface area is 192 Å². The Balaban J connectivity index is 1.35. The minimum absolute atomic E-state index is 0.00120. The van der Waals surface area contributed by atoms with Gasteiger partial charge in [0.05, 0.1) is 6.61 Å². The summed E-state index contributed by atoms with van der Waals surface area (Å²) in [7, 11) is 0. The molecule has 6 nitrogen and oxygen atoms in total. The Kier molecular flexibility index (Phi) is 6.74. The molecule has 0 saturated carbocycles. The second-order valence-electron chi connectivity index (χ2n) is 7.62. The van der Waals surface area contributed by atoms with Crippen molar-refractivity contribution in [1.29, 1.82) is 0 Å². The maximum Gasteiger partial charge on any atom is 0.407 e. The molecule has 1 aliphatic rings. The number of nitrogens with one attached hydrogen (secondary N) is 1. The first-order valence-corrected chi connectivity index (χ1v) is 10.8. The Morgan fingerprint density at radius 1 is 1.06 bits per heavy atom. The van der Waals surface area contributed by atoms with Gasteiger partial charge in [-0.3, -0.25) is 4.79 Å². The zero-order valence-corrected chi connectivity index (χ0v) is 18.3. The van der Waals surface area contributed by atoms with Gasteiger partial charge in [-0.05, 0) is 41.3 Å². The van der Waals surface area contributed by atoms with Crippen molar-refractivity contribution >= 4 is 18.5 Å². The fraction of sp³-hybridized carbons (Fsp3) is 0.185. The number of amides is 1. The molecule has 0 saturated heterocycles. The number of ether oxygens (including phenoxy) is 2. The average Bonchev–Trinajstić information content (AvgIpc) is 3.16. The standard InChI is InChI=1S/C27H25NO5/c1-2-32-25-15-18(16-29)14-19(26(25)30)8-7-13-28-27(31)33-17-24-22-11-5-3-9-20(22)21-10-4-6-12-23(21)24/h3-12,14-16,24,30H,2,13,17H2,1H3,(H,28,31). The summed E-state index contributed by atoms with van der Waals surface area (Å²) in [6.45, 7) is 2.60. The van der Waals surface area contributed by atoms with E-state index in [4.69, 9.17) is 9.47 Å². The number of carbonyl (C=O) groups is 2. The van der Waals surface area contributed by atoms with E-state index in [-0.39, 0.29) is 30.6 Å². The minimum Gasteiger partial charge on any atom is -0.504 e. The van der Waals surface area contributed by atoms with Crippen LogP contribution in [-0.2, 0) is 4.74 Å². The van der Waals surface area contributed by atoms with Gasteiger partial charge in [0.25, 0.3) is 0 Å². The number of carbonyl (C=O) groups excluding carboxylic acids is 2. The molecule has 33 heavy (non-hydrogen) atoms. The number of aldehydes is 1. The van der Waals surface area contributed by atoms with Crippen molar-refractivity contribution in [2.24, 2.45) is 0 Å². The highest BCUT2D eigenvalue weighted by Gasteiger charge is 2.28. The molecule has 0 heterocycles. The van der Waals surface area contributed by atoms with Crippen LogP contribution in [0, 0.1) is 0 Å². The average molecular weight is 443 g/mol. The normalized spacial score (nSPS) is 12.3. The molecule has 0 bridgehead atoms. The maximum absolute atomic E-state index is 12.3. The van der Waals surface area contributed by atoms with Crippen molar-refractivity contribution < 1.29 is 24.2 Å². The van der Waals surface area contributed by atoms with Crippen LogP contribution in [0.3, 0.4) is 0 Å². The van der Waals surface area contributed by atoms with Gasteiger partial charge in [-0.1, -0.05) is 60.7 Å². The molecule has 0 aliphatic heterocycles. The van der Waals surface area contributed by atoms with Crippen molar-refractivity contribution in [3.05, 3.63) is 89.0 Å². The molecular formula is C27H25NO5. The highest BCUT2D eigenvalue weighted by Crippen LogP contribution is 2.44. The molecule has 2 N–H and O–H groups in total. The predicted octanol–water partition coefficient (Wildman–Crippen LogP) is 5.16. The third-order valence-electron chi connectivity index (χ3n) is 5.57. The lowest BCUT2D eigenvalue weighted by atomic mass is 9.98. The molecule has 4 rings (SSSR count). The van der Waals surface area contributed by atoms with Crippen LogP contribution in [0.4, 0.5) is 4.79 Å². The number of rotatable bonds is 8. The minimum atomic E-state index is -0.526. The van der Waals surface area contributed by atoms with Crippen molar-refractivity contribution in [2.45, 2.75) is 12.8 Å². The molecule has 168 valence electrons. The first-order chi connectivity index (χ1) is 16.1. The second-order valence-corrected chi connectivity index (χ2v) is 7.62. The second kappa shape index (κ2) is 10.0. The predicted molar refractivity (Wildman–Crippen MR) is 127 cm³/mol. The Morgan fingerprint density at radius 3 is 2.36 bits per heavy atom. The van der Waals surface area contributed by atoms with Crippen LogP contribution in [0.2, 0.25) is 0 Å². The van der Waals surface area contributed by atoms with E-state index in [1.807, 2.05) is 24.3 Å². The fourth-order valence-electron chi connectivity index (χ4n) is 4.09. The van der Waals surface area contributed by atoms with E-state index in [0.29, 0.717) is 24.0 Å². The number of alkyl carbamates (subject to hydrolysis) is 1. The summed E-state index contributed by atoms with van der Waals surface area (Å²) >= 11 is 0. The molecule has 1 amide bonds. The van der Waals surface area contributed by atoms with Crippen LogP contribution in [0.25, 0.3) is 17.2 Å². The lowest BCUT2D eigenvalue weighted by Gasteiger charge is -2.14. The third kappa shape index (κ3) is 4.75. The molecule has 0 radical (unpaired) electrons. The molecular weight excluding hydrogens is 418 g/mol. The molecule has 6 heteroatoms. The summed E-state index contributed by atoms with van der Waals surface area (Å²) < 4.78 is 10.9. The van der Waals surface area contributed by atoms with E-state index >= 15 is 0 Å². The highest BCUT2D eigenvalue weighted by atomic mass is 16.5. The summed E-state index contributed by atoms with van der Waals surface area (Å²) in [5, 5.41) is 13.0. The Hall–Kier alpha value is -4.06. The van der Waals surface area contributed by atoms with Crippen LogP contribution in [-0.4, -0.2) is 37.2 Å². The number of hydrogen-bond acceptors (Lipinski definition) is 5. The summed E-state index contributed by atoms with van der Waals surface area (Å²) in [6.07, 6.45) is 3.45. The van der Waals surface area contributed by atoms with Crippen molar-refractivity contribution in [1.82, 2.24) is 5.32 Å². The number of phenols is 1. The third-order valence-corrected chi connectivity index (χ3v) is 5.57. The maximum atomic E-state index is 12.3. The van der Waals surface area contributed by atoms with Gasteiger partial charge in [0.2, 0.25) is 0 Å². The topological polar surface area (TPSA) is 84.9 Å². The first kappa shape index (κ1) is 22.1. The van der Waals surface area contributed by atoms with Gasteiger partial charge in [-0.2, -0.15) is 0 Å². The molecule has 0 unspecified atom stereocenters. The van der Waals surface area contributed by atoms with Gasteiger partial charge in [0.15, 0.2) is 11.5 Å². The van der Waals surface area contributed by atoms with Crippen LogP contribution in [0.15, 0.2) is 66.7 Å². The first-order valence-electron chi connectivity index (χ1n) is 10.8. The van der Waals surface area contributed by atoms with Gasteiger partial charge in [-0.15, -0.1) is 0 Å². The zero-order valence-electron chi connectivity index (χ0n) is 18.3. The number of aromatic hydroxyl groups is 1. The number of fused-ring (bicyclic) bond motifs is 3. The van der Waals surface area contributed by atoms with E-state index in [2.05, 4.69) is 29.6 Å². The monoisotopic (exact) mass is 443 g/mol. The van der Waals surface area contributed by atoms with Crippen LogP contribution >= 0.6 is 0 Å². The number of phenolic OH excluding ortho intramolecular Hbond substituents is 1. The van der Waals surface area contributed by atoms with Crippen molar-refractivity contribution in [3.63, 3.8) is 0 Å². The Bertz CT molecular complexity index is 1160. The molecule has 0 spiro atoms. The molecule has 0 fully saturated rings. The lowest BCUT2D eigenvalue weighted by molar-refractivity contribution is 0.112. The van der Waals surface area contributed by atoms with Crippen molar-refractivity contribution in [2.75, 3.05) is 19.8 Å². The van der Waals surface area contributed by atoms with E-state index in [9.17, 15) is 14.7 Å². The lowest BCUT2D eigenvalue weighted by Crippen LogP contribution is -2.26. The summed E-state index contributed by atoms with van der Waals surface area (Å²) in [5.41, 5.74) is 5.48. The largest absolute Gasteiger partial charge is 0.504 e. The van der Waals surface area contributed by atoms with Gasteiger partial charge >= 0.3 is 6.09 Å². The number of benzene rings is 3. The van der Waals surface area contributed by atoms with Crippen molar-refractivity contribution in [3.8, 4) is 22.6 Å². The fourth-order valence-corrected chi connectivity index (χ4v) is 4.09. The van der Waals surface area contributed by atoms with Crippen LogP contribution < -0.4 is 10.1 Å². The highest BCUT2D eigenvalue weighted by molar-refractivity contribution is 5.80. The SMILES string of the molecule is CCOc1cc(C=O)cc(C=CCNC(=O)OCC2c3ccccc3-c3ccccc32)c1O. The van der Waals surface area contributed by atoms with E-state index in [1.54, 1.807) is 25.1 Å². The smallest absolute Gasteiger partial charge is 0.407 e. The van der Waals surface area contributed by atoms with E-state index < -0.39 is 6.09 Å². The quantitative estimate of drug-likeness (QED) is 0.470.